The molecule has 1 aliphatic rings. The molecule has 0 fully saturated rings. The molecule has 1 amide bonds. The van der Waals surface area contributed by atoms with E-state index in [9.17, 15) is 18.0 Å². The lowest BCUT2D eigenvalue weighted by atomic mass is 10.3. The van der Waals surface area contributed by atoms with E-state index in [4.69, 9.17) is 55.9 Å². The zero-order valence-electron chi connectivity index (χ0n) is 9.60. The van der Waals surface area contributed by atoms with Gasteiger partial charge in [-0.15, -0.1) is 0 Å². The minimum atomic E-state index is -5.22. The number of rotatable bonds is 1. The Morgan fingerprint density at radius 1 is 1.14 bits per heavy atom. The summed E-state index contributed by atoms with van der Waals surface area (Å²) in [6.07, 6.45) is -5.22. The van der Waals surface area contributed by atoms with Crippen molar-refractivity contribution in [3.8, 4) is 11.5 Å². The highest BCUT2D eigenvalue weighted by Gasteiger charge is 2.61. The number of hydrogen-bond acceptors (Lipinski definition) is 3. The van der Waals surface area contributed by atoms with E-state index in [2.05, 4.69) is 0 Å². The van der Waals surface area contributed by atoms with Gasteiger partial charge in [0.25, 0.3) is 3.79 Å². The van der Waals surface area contributed by atoms with Crippen molar-refractivity contribution in [1.82, 2.24) is 5.32 Å². The number of fused-ring (bicyclic) bond motifs is 1. The highest BCUT2D eigenvalue weighted by molar-refractivity contribution is 6.68. The van der Waals surface area contributed by atoms with E-state index in [1.807, 2.05) is 0 Å². The van der Waals surface area contributed by atoms with Crippen LogP contribution < -0.4 is 14.8 Å². The molecule has 1 aromatic rings. The van der Waals surface area contributed by atoms with Gasteiger partial charge < -0.3 is 9.47 Å². The summed E-state index contributed by atoms with van der Waals surface area (Å²) in [4.78, 5) is 11.1. The van der Waals surface area contributed by atoms with Gasteiger partial charge in [-0.05, 0) is 12.1 Å². The summed E-state index contributed by atoms with van der Waals surface area (Å²) in [7, 11) is 0. The maximum absolute atomic E-state index is 12.4. The SMILES string of the molecule is O=C(N[C@@]1(C(Cl)(Cl)Cl)Oc2ccc(Cl)cc2O1)C(F)(F)F. The van der Waals surface area contributed by atoms with Crippen LogP contribution in [0.25, 0.3) is 0 Å². The topological polar surface area (TPSA) is 47.6 Å². The molecule has 4 nitrogen and oxygen atoms in total. The smallest absolute Gasteiger partial charge is 0.428 e. The van der Waals surface area contributed by atoms with E-state index in [1.165, 1.54) is 23.5 Å². The van der Waals surface area contributed by atoms with Gasteiger partial charge in [-0.3, -0.25) is 10.1 Å². The number of carbonyl (C=O) groups is 1. The van der Waals surface area contributed by atoms with Crippen LogP contribution in [-0.4, -0.2) is 21.8 Å². The molecule has 0 saturated carbocycles. The Morgan fingerprint density at radius 2 is 1.71 bits per heavy atom. The Labute approximate surface area is 136 Å². The second kappa shape index (κ2) is 5.15. The van der Waals surface area contributed by atoms with Crippen LogP contribution in [0.1, 0.15) is 0 Å². The lowest BCUT2D eigenvalue weighted by molar-refractivity contribution is -0.190. The van der Waals surface area contributed by atoms with Gasteiger partial charge in [0.2, 0.25) is 0 Å². The summed E-state index contributed by atoms with van der Waals surface area (Å²) in [5.41, 5.74) is 0. The van der Waals surface area contributed by atoms with Crippen molar-refractivity contribution in [2.24, 2.45) is 0 Å². The first-order valence-electron chi connectivity index (χ1n) is 5.08. The molecule has 1 N–H and O–H groups in total. The Hall–Kier alpha value is -0.760. The van der Waals surface area contributed by atoms with Crippen molar-refractivity contribution in [2.75, 3.05) is 0 Å². The number of amides is 1. The average Bonchev–Trinajstić information content (AvgIpc) is 2.65. The van der Waals surface area contributed by atoms with Crippen molar-refractivity contribution in [2.45, 2.75) is 15.9 Å². The molecule has 1 aromatic carbocycles. The van der Waals surface area contributed by atoms with Crippen molar-refractivity contribution in [3.63, 3.8) is 0 Å². The Kier molecular flexibility index (Phi) is 4.08. The monoisotopic (exact) mass is 383 g/mol. The molecule has 1 aliphatic heterocycles. The number of alkyl halides is 6. The molecule has 1 heterocycles. The van der Waals surface area contributed by atoms with Gasteiger partial charge in [0, 0.05) is 11.1 Å². The summed E-state index contributed by atoms with van der Waals surface area (Å²) < 4.78 is 44.7. The highest BCUT2D eigenvalue weighted by Crippen LogP contribution is 2.49. The lowest BCUT2D eigenvalue weighted by Gasteiger charge is -2.33. The van der Waals surface area contributed by atoms with E-state index < -0.39 is 21.8 Å². The molecule has 0 saturated heterocycles. The fraction of sp³-hybridized carbons (Fsp3) is 0.300. The molecule has 0 bridgehead atoms. The van der Waals surface area contributed by atoms with Gasteiger partial charge >= 0.3 is 18.0 Å². The lowest BCUT2D eigenvalue weighted by Crippen LogP contribution is -2.65. The molecule has 0 aromatic heterocycles. The summed E-state index contributed by atoms with van der Waals surface area (Å²) in [6, 6.07) is 3.90. The normalized spacial score (nSPS) is 21.3. The molecule has 2 rings (SSSR count). The van der Waals surface area contributed by atoms with Crippen LogP contribution >= 0.6 is 46.4 Å². The first kappa shape index (κ1) is 16.6. The summed E-state index contributed by atoms with van der Waals surface area (Å²) in [5.74, 6) is -5.20. The highest BCUT2D eigenvalue weighted by atomic mass is 35.6. The van der Waals surface area contributed by atoms with Crippen LogP contribution in [0.2, 0.25) is 5.02 Å². The van der Waals surface area contributed by atoms with Gasteiger partial charge in [-0.2, -0.15) is 13.2 Å². The third kappa shape index (κ3) is 3.21. The standard InChI is InChI=1S/C10H4Cl4F3NO3/c11-4-1-2-5-6(3-4)21-10(20-5,9(12,13)14)18-7(19)8(15,16)17/h1-3H,(H,18,19)/t10-/m0/s1. The quantitative estimate of drug-likeness (QED) is 0.749. The van der Waals surface area contributed by atoms with Crippen LogP contribution in [0.3, 0.4) is 0 Å². The van der Waals surface area contributed by atoms with Crippen molar-refractivity contribution >= 4 is 52.3 Å². The molecule has 21 heavy (non-hydrogen) atoms. The van der Waals surface area contributed by atoms with E-state index >= 15 is 0 Å². The third-order valence-electron chi connectivity index (χ3n) is 2.32. The van der Waals surface area contributed by atoms with E-state index in [1.54, 1.807) is 0 Å². The molecule has 1 atom stereocenters. The van der Waals surface area contributed by atoms with E-state index in [-0.39, 0.29) is 16.5 Å². The fourth-order valence-electron chi connectivity index (χ4n) is 1.43. The van der Waals surface area contributed by atoms with Crippen molar-refractivity contribution in [1.29, 1.82) is 0 Å². The van der Waals surface area contributed by atoms with Gasteiger partial charge in [-0.25, -0.2) is 0 Å². The van der Waals surface area contributed by atoms with Gasteiger partial charge in [0.1, 0.15) is 0 Å². The van der Waals surface area contributed by atoms with Gasteiger partial charge in [0.05, 0.1) is 0 Å². The van der Waals surface area contributed by atoms with E-state index in [0.717, 1.165) is 0 Å². The summed E-state index contributed by atoms with van der Waals surface area (Å²) in [6.45, 7) is 0. The van der Waals surface area contributed by atoms with Crippen LogP contribution in [0.4, 0.5) is 13.2 Å². The summed E-state index contributed by atoms with van der Waals surface area (Å²) >= 11 is 22.5. The minimum absolute atomic E-state index is 0.0480. The molecule has 116 valence electrons. The van der Waals surface area contributed by atoms with Gasteiger partial charge in [-0.1, -0.05) is 46.4 Å². The average molecular weight is 385 g/mol. The number of hydrogen-bond donors (Lipinski definition) is 1. The zero-order chi connectivity index (χ0) is 16.1. The third-order valence-corrected chi connectivity index (χ3v) is 3.30. The first-order chi connectivity index (χ1) is 9.45. The number of halogens is 7. The minimum Gasteiger partial charge on any atom is -0.428 e. The molecule has 0 radical (unpaired) electrons. The maximum Gasteiger partial charge on any atom is 0.471 e. The first-order valence-corrected chi connectivity index (χ1v) is 6.59. The number of benzene rings is 1. The molecule has 0 aliphatic carbocycles. The molecule has 0 unspecified atom stereocenters. The van der Waals surface area contributed by atoms with Crippen LogP contribution in [-0.2, 0) is 4.79 Å². The number of carbonyl (C=O) groups excluding carboxylic acids is 1. The van der Waals surface area contributed by atoms with Crippen molar-refractivity contribution < 1.29 is 27.4 Å². The van der Waals surface area contributed by atoms with Crippen LogP contribution in [0.5, 0.6) is 11.5 Å². The van der Waals surface area contributed by atoms with Gasteiger partial charge in [0.15, 0.2) is 11.5 Å². The second-order valence-electron chi connectivity index (χ2n) is 3.86. The predicted octanol–water partition coefficient (Wildman–Crippen LogP) is 3.81. The van der Waals surface area contributed by atoms with Crippen LogP contribution in [0.15, 0.2) is 18.2 Å². The van der Waals surface area contributed by atoms with E-state index in [0.29, 0.717) is 0 Å². The molecular weight excluding hydrogens is 381 g/mol. The second-order valence-corrected chi connectivity index (χ2v) is 6.58. The molecule has 0 spiro atoms. The number of ether oxygens (including phenoxy) is 2. The Morgan fingerprint density at radius 3 is 2.24 bits per heavy atom. The zero-order valence-corrected chi connectivity index (χ0v) is 12.6. The maximum atomic E-state index is 12.4. The largest absolute Gasteiger partial charge is 0.471 e. The Bertz CT molecular complexity index is 590. The Balaban J connectivity index is 2.37. The molecular formula is C10H4Cl4F3NO3. The molecule has 11 heteroatoms. The van der Waals surface area contributed by atoms with Crippen LogP contribution in [0, 0.1) is 0 Å². The number of nitrogens with one attached hydrogen (secondary N) is 1. The van der Waals surface area contributed by atoms with Crippen molar-refractivity contribution in [3.05, 3.63) is 23.2 Å². The predicted molar refractivity (Wildman–Crippen MR) is 69.9 cm³/mol. The summed E-state index contributed by atoms with van der Waals surface area (Å²) in [5, 5.41) is 1.60. The fourth-order valence-corrected chi connectivity index (χ4v) is 1.97.